The molecule has 4 aromatic carbocycles. The summed E-state index contributed by atoms with van der Waals surface area (Å²) in [5.41, 5.74) is 3.34. The smallest absolute Gasteiger partial charge is 0.191 e. The van der Waals surface area contributed by atoms with Gasteiger partial charge in [-0.25, -0.2) is 0 Å². The predicted molar refractivity (Wildman–Crippen MR) is 130 cm³/mol. The van der Waals surface area contributed by atoms with Crippen LogP contribution in [-0.4, -0.2) is 20.6 Å². The fourth-order valence-electron chi connectivity index (χ4n) is 4.33. The first-order valence-corrected chi connectivity index (χ1v) is 12.1. The van der Waals surface area contributed by atoms with Gasteiger partial charge in [-0.2, -0.15) is 0 Å². The summed E-state index contributed by atoms with van der Waals surface area (Å²) in [5, 5.41) is 10.3. The van der Waals surface area contributed by atoms with E-state index in [0.717, 1.165) is 11.1 Å². The molecule has 0 aromatic heterocycles. The average molecular weight is 425 g/mol. The van der Waals surface area contributed by atoms with E-state index in [0.29, 0.717) is 0 Å². The minimum Gasteiger partial charge on any atom is -0.407 e. The Bertz CT molecular complexity index is 972. The van der Waals surface area contributed by atoms with Gasteiger partial charge in [0.2, 0.25) is 0 Å². The van der Waals surface area contributed by atoms with Crippen molar-refractivity contribution < 1.29 is 9.53 Å². The third-order valence-electron chi connectivity index (χ3n) is 5.63. The second-order valence-electron chi connectivity index (χ2n) is 7.88. The average Bonchev–Trinajstić information content (AvgIpc) is 2.84. The molecule has 1 atom stereocenters. The second-order valence-corrected chi connectivity index (χ2v) is 9.69. The summed E-state index contributed by atoms with van der Waals surface area (Å²) in [7, 11) is -1.24. The van der Waals surface area contributed by atoms with Crippen LogP contribution in [0.3, 0.4) is 0 Å². The Balaban J connectivity index is 2.05. The van der Waals surface area contributed by atoms with Gasteiger partial charge in [0.25, 0.3) is 0 Å². The highest BCUT2D eigenvalue weighted by Crippen LogP contribution is 2.49. The summed E-state index contributed by atoms with van der Waals surface area (Å²) < 4.78 is 6.92. The van der Waals surface area contributed by atoms with Crippen LogP contribution in [0.1, 0.15) is 35.1 Å². The molecule has 1 unspecified atom stereocenters. The minimum absolute atomic E-state index is 0.0778. The highest BCUT2D eigenvalue weighted by atomic mass is 28.2. The summed E-state index contributed by atoms with van der Waals surface area (Å²) in [4.78, 5) is 0. The molecule has 0 fully saturated rings. The molecule has 0 aliphatic carbocycles. The molecule has 0 aliphatic rings. The van der Waals surface area contributed by atoms with Gasteiger partial charge in [-0.05, 0) is 29.2 Å². The number of hydrogen-bond donors (Lipinski definition) is 1. The van der Waals surface area contributed by atoms with Gasteiger partial charge in [-0.1, -0.05) is 121 Å². The van der Waals surface area contributed by atoms with Crippen molar-refractivity contribution >= 4 is 9.76 Å². The Labute approximate surface area is 187 Å². The van der Waals surface area contributed by atoms with Crippen LogP contribution in [-0.2, 0) is 10.0 Å². The lowest BCUT2D eigenvalue weighted by atomic mass is 9.70. The Morgan fingerprint density at radius 1 is 0.613 bits per heavy atom. The van der Waals surface area contributed by atoms with E-state index in [4.69, 9.17) is 4.43 Å². The first kappa shape index (κ1) is 21.3. The molecule has 2 nitrogen and oxygen atoms in total. The van der Waals surface area contributed by atoms with Crippen LogP contribution in [0.5, 0.6) is 0 Å². The Kier molecular flexibility index (Phi) is 6.78. The maximum Gasteiger partial charge on any atom is 0.191 e. The van der Waals surface area contributed by atoms with Gasteiger partial charge in [0.15, 0.2) is 9.76 Å². The molecule has 3 heteroatoms. The molecule has 31 heavy (non-hydrogen) atoms. The third-order valence-corrected chi connectivity index (χ3v) is 6.73. The summed E-state index contributed by atoms with van der Waals surface area (Å²) in [5.74, 6) is -0.0778. The van der Waals surface area contributed by atoms with Crippen molar-refractivity contribution in [3.8, 4) is 0 Å². The fourth-order valence-corrected chi connectivity index (χ4v) is 5.33. The summed E-state index contributed by atoms with van der Waals surface area (Å²) in [6.45, 7) is 1.83. The van der Waals surface area contributed by atoms with Gasteiger partial charge in [-0.15, -0.1) is 0 Å². The van der Waals surface area contributed by atoms with E-state index in [9.17, 15) is 5.11 Å². The second kappa shape index (κ2) is 9.88. The van der Waals surface area contributed by atoms with E-state index >= 15 is 0 Å². The van der Waals surface area contributed by atoms with Crippen LogP contribution in [0.15, 0.2) is 121 Å². The van der Waals surface area contributed by atoms with Gasteiger partial charge in [0.05, 0.1) is 5.73 Å². The van der Waals surface area contributed by atoms with Gasteiger partial charge >= 0.3 is 0 Å². The van der Waals surface area contributed by atoms with Crippen molar-refractivity contribution in [3.05, 3.63) is 144 Å². The van der Waals surface area contributed by atoms with Crippen molar-refractivity contribution in [1.82, 2.24) is 0 Å². The molecule has 0 bridgehead atoms. The number of benzene rings is 4. The van der Waals surface area contributed by atoms with Crippen molar-refractivity contribution in [3.63, 3.8) is 0 Å². The van der Waals surface area contributed by atoms with Crippen LogP contribution < -0.4 is 0 Å². The quantitative estimate of drug-likeness (QED) is 0.394. The zero-order valence-corrected chi connectivity index (χ0v) is 19.2. The molecule has 4 rings (SSSR count). The highest BCUT2D eigenvalue weighted by Gasteiger charge is 2.44. The van der Waals surface area contributed by atoms with Gasteiger partial charge < -0.3 is 9.53 Å². The molecule has 1 N–H and O–H groups in total. The van der Waals surface area contributed by atoms with Crippen molar-refractivity contribution in [2.24, 2.45) is 0 Å². The molecule has 0 spiro atoms. The molecule has 0 amide bonds. The number of aliphatic hydroxyl groups is 1. The lowest BCUT2D eigenvalue weighted by molar-refractivity contribution is 0.0833. The lowest BCUT2D eigenvalue weighted by Crippen LogP contribution is -2.41. The van der Waals surface area contributed by atoms with E-state index in [1.807, 2.05) is 31.2 Å². The largest absolute Gasteiger partial charge is 0.407 e. The lowest BCUT2D eigenvalue weighted by Gasteiger charge is -2.43. The van der Waals surface area contributed by atoms with Gasteiger partial charge in [0, 0.05) is 5.92 Å². The molecule has 4 aromatic rings. The van der Waals surface area contributed by atoms with Crippen LogP contribution >= 0.6 is 0 Å². The standard InChI is InChI=1S/C28H28O2Si/c1-22(29)31-30-28(25-18-10-4-11-19-25,26-20-12-5-13-21-26)27(23-14-6-2-7-15-23)24-16-8-3-9-17-24/h2-22,27,29H,31H2,1H3. The van der Waals surface area contributed by atoms with Crippen molar-refractivity contribution in [1.29, 1.82) is 0 Å². The van der Waals surface area contributed by atoms with Crippen molar-refractivity contribution in [2.75, 3.05) is 0 Å². The molecule has 0 radical (unpaired) electrons. The molecule has 0 saturated carbocycles. The molecular formula is C28H28O2Si. The SMILES string of the molecule is CC(O)[SiH2]OC(c1ccccc1)(c1ccccc1)C(c1ccccc1)c1ccccc1. The van der Waals surface area contributed by atoms with Crippen molar-refractivity contribution in [2.45, 2.75) is 24.2 Å². The summed E-state index contributed by atoms with van der Waals surface area (Å²) in [6, 6.07) is 42.0. The Hall–Kier alpha value is -2.98. The molecular weight excluding hydrogens is 396 g/mol. The summed E-state index contributed by atoms with van der Waals surface area (Å²) >= 11 is 0. The normalized spacial score (nSPS) is 13.0. The van der Waals surface area contributed by atoms with Gasteiger partial charge in [-0.3, -0.25) is 0 Å². The van der Waals surface area contributed by atoms with Crippen LogP contribution in [0.4, 0.5) is 0 Å². The zero-order chi connectivity index (χ0) is 21.5. The van der Waals surface area contributed by atoms with E-state index in [2.05, 4.69) is 97.1 Å². The Morgan fingerprint density at radius 2 is 0.968 bits per heavy atom. The van der Waals surface area contributed by atoms with Crippen LogP contribution in [0.25, 0.3) is 0 Å². The third kappa shape index (κ3) is 4.54. The first-order chi connectivity index (χ1) is 15.2. The van der Waals surface area contributed by atoms with E-state index in [-0.39, 0.29) is 5.92 Å². The number of hydrogen-bond acceptors (Lipinski definition) is 2. The van der Waals surface area contributed by atoms with Crippen LogP contribution in [0.2, 0.25) is 0 Å². The summed E-state index contributed by atoms with van der Waals surface area (Å²) in [6.07, 6.45) is 0. The molecule has 0 heterocycles. The monoisotopic (exact) mass is 424 g/mol. The zero-order valence-electron chi connectivity index (χ0n) is 17.8. The molecule has 156 valence electrons. The van der Waals surface area contributed by atoms with Crippen LogP contribution in [0, 0.1) is 0 Å². The maximum atomic E-state index is 10.3. The molecule has 0 aliphatic heterocycles. The minimum atomic E-state index is -1.24. The van der Waals surface area contributed by atoms with E-state index in [1.54, 1.807) is 0 Å². The molecule has 0 saturated heterocycles. The van der Waals surface area contributed by atoms with Gasteiger partial charge in [0.1, 0.15) is 5.60 Å². The number of rotatable bonds is 8. The highest BCUT2D eigenvalue weighted by molar-refractivity contribution is 6.29. The Morgan fingerprint density at radius 3 is 1.32 bits per heavy atom. The first-order valence-electron chi connectivity index (χ1n) is 10.7. The van der Waals surface area contributed by atoms with E-state index in [1.165, 1.54) is 11.1 Å². The maximum absolute atomic E-state index is 10.3. The topological polar surface area (TPSA) is 29.5 Å². The number of aliphatic hydroxyl groups excluding tert-OH is 1. The fraction of sp³-hybridized carbons (Fsp3) is 0.143. The van der Waals surface area contributed by atoms with E-state index < -0.39 is 21.1 Å². The predicted octanol–water partition coefficient (Wildman–Crippen LogP) is 5.20.